The van der Waals surface area contributed by atoms with E-state index in [-0.39, 0.29) is 17.7 Å². The monoisotopic (exact) mass is 398 g/mol. The summed E-state index contributed by atoms with van der Waals surface area (Å²) in [5.74, 6) is -1.39. The molecule has 0 atom stereocenters. The fraction of sp³-hybridized carbons (Fsp3) is 0.440. The van der Waals surface area contributed by atoms with Gasteiger partial charge in [-0.3, -0.25) is 4.79 Å². The Bertz CT molecular complexity index is 686. The number of hydrogen-bond donors (Lipinski definition) is 1. The number of hydrogen-bond acceptors (Lipinski definition) is 3. The topological polar surface area (TPSA) is 63.6 Å². The van der Waals surface area contributed by atoms with Crippen LogP contribution in [0.25, 0.3) is 0 Å². The van der Waals surface area contributed by atoms with E-state index in [4.69, 9.17) is 9.84 Å². The summed E-state index contributed by atoms with van der Waals surface area (Å²) in [6, 6.07) is 6.18. The van der Waals surface area contributed by atoms with E-state index in [2.05, 4.69) is 43.4 Å². The maximum Gasteiger partial charge on any atom is 0.339 e. The van der Waals surface area contributed by atoms with Crippen LogP contribution in [0.4, 0.5) is 0 Å². The number of aromatic carboxylic acids is 1. The van der Waals surface area contributed by atoms with E-state index in [0.29, 0.717) is 0 Å². The molecule has 0 heterocycles. The highest BCUT2D eigenvalue weighted by Crippen LogP contribution is 2.18. The number of carboxylic acid groups (broad SMARTS) is 1. The van der Waals surface area contributed by atoms with Crippen molar-refractivity contribution < 1.29 is 19.4 Å². The Morgan fingerprint density at radius 1 is 0.862 bits per heavy atom. The molecular weight excluding hydrogens is 364 g/mol. The van der Waals surface area contributed by atoms with Crippen LogP contribution in [0.3, 0.4) is 0 Å². The van der Waals surface area contributed by atoms with Gasteiger partial charge in [-0.25, -0.2) is 4.79 Å². The fourth-order valence-corrected chi connectivity index (χ4v) is 2.73. The highest BCUT2D eigenvalue weighted by atomic mass is 16.5. The molecule has 0 amide bonds. The van der Waals surface area contributed by atoms with Gasteiger partial charge < -0.3 is 9.84 Å². The number of para-hydroxylation sites is 1. The minimum absolute atomic E-state index is 0.00354. The van der Waals surface area contributed by atoms with E-state index >= 15 is 0 Å². The number of carbonyl (C=O) groups is 2. The number of ether oxygens (including phenoxy) is 1. The Morgan fingerprint density at radius 2 is 1.45 bits per heavy atom. The molecule has 0 saturated carbocycles. The molecule has 0 saturated heterocycles. The van der Waals surface area contributed by atoms with Gasteiger partial charge in [0.2, 0.25) is 0 Å². The average Bonchev–Trinajstić information content (AvgIpc) is 2.71. The Labute approximate surface area is 175 Å². The second-order valence-corrected chi connectivity index (χ2v) is 6.90. The largest absolute Gasteiger partial charge is 0.478 e. The van der Waals surface area contributed by atoms with Crippen molar-refractivity contribution >= 4 is 11.9 Å². The second kappa shape index (κ2) is 16.3. The molecule has 0 spiro atoms. The van der Waals surface area contributed by atoms with Crippen molar-refractivity contribution in [1.29, 1.82) is 0 Å². The molecule has 4 nitrogen and oxygen atoms in total. The normalized spacial score (nSPS) is 11.6. The molecule has 0 radical (unpaired) electrons. The summed E-state index contributed by atoms with van der Waals surface area (Å²) in [7, 11) is 0. The first-order valence-electron chi connectivity index (χ1n) is 10.6. The number of benzene rings is 1. The summed E-state index contributed by atoms with van der Waals surface area (Å²) in [5.41, 5.74) is 0.00354. The maximum absolute atomic E-state index is 11.9. The molecule has 0 aliphatic carbocycles. The quantitative estimate of drug-likeness (QED) is 0.151. The summed E-state index contributed by atoms with van der Waals surface area (Å²) in [6.45, 7) is 2.22. The van der Waals surface area contributed by atoms with E-state index < -0.39 is 11.9 Å². The van der Waals surface area contributed by atoms with Crippen molar-refractivity contribution in [3.05, 3.63) is 66.3 Å². The van der Waals surface area contributed by atoms with Crippen LogP contribution in [-0.2, 0) is 4.79 Å². The standard InChI is InChI=1S/C25H34O4/c1-2-3-4-5-6-7-8-9-10-11-12-13-14-15-16-21-24(26)29-23-20-18-17-19-22(23)25(27)28/h6-7,9-10,12-13,17-20H,2-5,8,11,14-16,21H2,1H3,(H,27,28). The molecule has 4 heteroatoms. The van der Waals surface area contributed by atoms with Crippen molar-refractivity contribution in [3.63, 3.8) is 0 Å². The molecule has 158 valence electrons. The zero-order valence-electron chi connectivity index (χ0n) is 17.5. The molecule has 0 unspecified atom stereocenters. The predicted molar refractivity (Wildman–Crippen MR) is 118 cm³/mol. The summed E-state index contributed by atoms with van der Waals surface area (Å²) >= 11 is 0. The molecule has 0 fully saturated rings. The second-order valence-electron chi connectivity index (χ2n) is 6.90. The van der Waals surface area contributed by atoms with E-state index in [9.17, 15) is 9.59 Å². The smallest absolute Gasteiger partial charge is 0.339 e. The number of unbranched alkanes of at least 4 members (excludes halogenated alkanes) is 5. The van der Waals surface area contributed by atoms with E-state index in [0.717, 1.165) is 32.1 Å². The van der Waals surface area contributed by atoms with Crippen LogP contribution in [0.5, 0.6) is 5.75 Å². The molecule has 0 aliphatic heterocycles. The van der Waals surface area contributed by atoms with Crippen LogP contribution >= 0.6 is 0 Å². The first-order valence-corrected chi connectivity index (χ1v) is 10.6. The third-order valence-electron chi connectivity index (χ3n) is 4.36. The van der Waals surface area contributed by atoms with Crippen LogP contribution in [0, 0.1) is 0 Å². The van der Waals surface area contributed by atoms with Gasteiger partial charge in [-0.05, 0) is 57.1 Å². The van der Waals surface area contributed by atoms with Crippen molar-refractivity contribution in [1.82, 2.24) is 0 Å². The van der Waals surface area contributed by atoms with Crippen molar-refractivity contribution in [3.8, 4) is 5.75 Å². The Balaban J connectivity index is 2.08. The molecular formula is C25H34O4. The summed E-state index contributed by atoms with van der Waals surface area (Å²) in [5, 5.41) is 9.09. The molecule has 1 aromatic carbocycles. The number of allylic oxidation sites excluding steroid dienone is 6. The predicted octanol–water partition coefficient (Wildman–Crippen LogP) is 6.88. The SMILES string of the molecule is CCCCCC=CCC=CCC=CCCCCC(=O)Oc1ccccc1C(=O)O. The van der Waals surface area contributed by atoms with Gasteiger partial charge in [0, 0.05) is 6.42 Å². The van der Waals surface area contributed by atoms with Gasteiger partial charge in [-0.15, -0.1) is 0 Å². The maximum atomic E-state index is 11.9. The number of esters is 1. The van der Waals surface area contributed by atoms with Gasteiger partial charge >= 0.3 is 11.9 Å². The lowest BCUT2D eigenvalue weighted by atomic mass is 10.1. The molecule has 1 N–H and O–H groups in total. The van der Waals surface area contributed by atoms with Gasteiger partial charge in [-0.1, -0.05) is 68.4 Å². The Kier molecular flexibility index (Phi) is 13.8. The van der Waals surface area contributed by atoms with E-state index in [1.54, 1.807) is 12.1 Å². The zero-order valence-corrected chi connectivity index (χ0v) is 17.5. The lowest BCUT2D eigenvalue weighted by molar-refractivity contribution is -0.134. The van der Waals surface area contributed by atoms with Gasteiger partial charge in [0.1, 0.15) is 11.3 Å². The summed E-state index contributed by atoms with van der Waals surface area (Å²) in [4.78, 5) is 23.0. The highest BCUT2D eigenvalue weighted by Gasteiger charge is 2.13. The number of rotatable bonds is 15. The van der Waals surface area contributed by atoms with Crippen LogP contribution in [0.1, 0.15) is 81.5 Å². The van der Waals surface area contributed by atoms with E-state index in [1.165, 1.54) is 37.8 Å². The molecule has 0 aliphatic rings. The van der Waals surface area contributed by atoms with Gasteiger partial charge in [0.05, 0.1) is 0 Å². The minimum Gasteiger partial charge on any atom is -0.478 e. The first kappa shape index (κ1) is 24.4. The highest BCUT2D eigenvalue weighted by molar-refractivity contribution is 5.91. The van der Waals surface area contributed by atoms with Crippen LogP contribution < -0.4 is 4.74 Å². The van der Waals surface area contributed by atoms with Crippen LogP contribution in [0.15, 0.2) is 60.7 Å². The molecule has 1 aromatic rings. The summed E-state index contributed by atoms with van der Waals surface area (Å²) in [6.07, 6.45) is 22.9. The van der Waals surface area contributed by atoms with Gasteiger partial charge in [0.25, 0.3) is 0 Å². The van der Waals surface area contributed by atoms with Crippen LogP contribution in [0.2, 0.25) is 0 Å². The fourth-order valence-electron chi connectivity index (χ4n) is 2.73. The summed E-state index contributed by atoms with van der Waals surface area (Å²) < 4.78 is 5.17. The first-order chi connectivity index (χ1) is 14.1. The average molecular weight is 399 g/mol. The zero-order chi connectivity index (χ0) is 21.2. The van der Waals surface area contributed by atoms with Gasteiger partial charge in [0.15, 0.2) is 0 Å². The van der Waals surface area contributed by atoms with E-state index in [1.807, 2.05) is 0 Å². The van der Waals surface area contributed by atoms with Crippen LogP contribution in [-0.4, -0.2) is 17.0 Å². The number of carbonyl (C=O) groups excluding carboxylic acids is 1. The third-order valence-corrected chi connectivity index (χ3v) is 4.36. The minimum atomic E-state index is -1.10. The molecule has 0 bridgehead atoms. The van der Waals surface area contributed by atoms with Gasteiger partial charge in [-0.2, -0.15) is 0 Å². The number of carboxylic acids is 1. The molecule has 0 aromatic heterocycles. The Hall–Kier alpha value is -2.62. The third kappa shape index (κ3) is 12.5. The van der Waals surface area contributed by atoms with Crippen molar-refractivity contribution in [2.75, 3.05) is 0 Å². The lowest BCUT2D eigenvalue weighted by Crippen LogP contribution is -2.10. The van der Waals surface area contributed by atoms with Crippen molar-refractivity contribution in [2.24, 2.45) is 0 Å². The van der Waals surface area contributed by atoms with Crippen molar-refractivity contribution in [2.45, 2.75) is 71.1 Å². The Morgan fingerprint density at radius 3 is 2.07 bits per heavy atom. The lowest BCUT2D eigenvalue weighted by Gasteiger charge is -2.06. The molecule has 1 rings (SSSR count). The molecule has 29 heavy (non-hydrogen) atoms.